The number of alkyl halides is 1. The summed E-state index contributed by atoms with van der Waals surface area (Å²) < 4.78 is 0. The quantitative estimate of drug-likeness (QED) is 0.864. The van der Waals surface area contributed by atoms with Gasteiger partial charge < -0.3 is 10.0 Å². The van der Waals surface area contributed by atoms with Gasteiger partial charge in [0.25, 0.3) is 5.91 Å². The van der Waals surface area contributed by atoms with Crippen LogP contribution in [0.2, 0.25) is 0 Å². The molecule has 0 spiro atoms. The number of aliphatic hydroxyl groups is 1. The molecule has 1 aromatic carbocycles. The van der Waals surface area contributed by atoms with Crippen LogP contribution in [0.4, 0.5) is 0 Å². The first-order chi connectivity index (χ1) is 9.26. The molecule has 1 aliphatic rings. The molecule has 2 rings (SSSR count). The molecule has 4 heteroatoms. The van der Waals surface area contributed by atoms with Crippen LogP contribution in [-0.4, -0.2) is 35.1 Å². The first-order valence-electron chi connectivity index (χ1n) is 6.83. The fraction of sp³-hybridized carbons (Fsp3) is 0.533. The maximum Gasteiger partial charge on any atom is 0.254 e. The van der Waals surface area contributed by atoms with Crippen LogP contribution in [0.15, 0.2) is 24.3 Å². The summed E-state index contributed by atoms with van der Waals surface area (Å²) in [6.07, 6.45) is 3.90. The molecule has 1 N–H and O–H groups in total. The zero-order valence-corrected chi connectivity index (χ0v) is 12.6. The van der Waals surface area contributed by atoms with Gasteiger partial charge in [-0.15, -0.1) is 0 Å². The monoisotopic (exact) mass is 325 g/mol. The lowest BCUT2D eigenvalue weighted by Gasteiger charge is -2.35. The predicted octanol–water partition coefficient (Wildman–Crippen LogP) is 2.96. The van der Waals surface area contributed by atoms with Crippen molar-refractivity contribution in [2.24, 2.45) is 0 Å². The third-order valence-electron chi connectivity index (χ3n) is 3.71. The Labute approximate surface area is 122 Å². The smallest absolute Gasteiger partial charge is 0.254 e. The number of hydrogen-bond donors (Lipinski definition) is 1. The van der Waals surface area contributed by atoms with Crippen molar-refractivity contribution in [3.05, 3.63) is 35.4 Å². The van der Waals surface area contributed by atoms with Gasteiger partial charge in [0.1, 0.15) is 0 Å². The number of aliphatic hydroxyl groups excluding tert-OH is 1. The third-order valence-corrected chi connectivity index (χ3v) is 4.35. The Morgan fingerprint density at radius 3 is 2.68 bits per heavy atom. The van der Waals surface area contributed by atoms with Crippen LogP contribution in [0.25, 0.3) is 0 Å². The maximum atomic E-state index is 12.5. The van der Waals surface area contributed by atoms with Crippen LogP contribution in [0, 0.1) is 0 Å². The lowest BCUT2D eigenvalue weighted by atomic mass is 9.98. The number of halogens is 1. The summed E-state index contributed by atoms with van der Waals surface area (Å²) in [4.78, 5) is 14.5. The summed E-state index contributed by atoms with van der Waals surface area (Å²) >= 11 is 3.40. The highest BCUT2D eigenvalue weighted by Gasteiger charge is 2.26. The Hall–Kier alpha value is -0.870. The van der Waals surface area contributed by atoms with Crippen molar-refractivity contribution in [1.29, 1.82) is 0 Å². The van der Waals surface area contributed by atoms with Crippen LogP contribution in [0.3, 0.4) is 0 Å². The average molecular weight is 326 g/mol. The fourth-order valence-electron chi connectivity index (χ4n) is 2.62. The largest absolute Gasteiger partial charge is 0.396 e. The molecule has 0 aliphatic carbocycles. The number of hydrogen-bond acceptors (Lipinski definition) is 2. The summed E-state index contributed by atoms with van der Waals surface area (Å²) in [5.74, 6) is 0.0965. The van der Waals surface area contributed by atoms with E-state index in [9.17, 15) is 4.79 Å². The highest BCUT2D eigenvalue weighted by molar-refractivity contribution is 9.08. The van der Waals surface area contributed by atoms with E-state index in [1.807, 2.05) is 29.2 Å². The number of rotatable bonds is 4. The molecule has 1 saturated heterocycles. The Balaban J connectivity index is 2.11. The van der Waals surface area contributed by atoms with Crippen molar-refractivity contribution in [3.8, 4) is 0 Å². The molecule has 19 heavy (non-hydrogen) atoms. The minimum absolute atomic E-state index is 0.0965. The third kappa shape index (κ3) is 3.57. The average Bonchev–Trinajstić information content (AvgIpc) is 2.47. The highest BCUT2D eigenvalue weighted by atomic mass is 79.9. The van der Waals surface area contributed by atoms with E-state index >= 15 is 0 Å². The number of nitrogens with zero attached hydrogens (tertiary/aromatic N) is 1. The molecule has 104 valence electrons. The van der Waals surface area contributed by atoms with E-state index in [4.69, 9.17) is 5.11 Å². The Morgan fingerprint density at radius 2 is 2.05 bits per heavy atom. The molecule has 3 nitrogen and oxygen atoms in total. The van der Waals surface area contributed by atoms with Gasteiger partial charge in [-0.25, -0.2) is 0 Å². The normalized spacial score (nSPS) is 19.5. The maximum absolute atomic E-state index is 12.5. The van der Waals surface area contributed by atoms with Crippen molar-refractivity contribution >= 4 is 21.8 Å². The van der Waals surface area contributed by atoms with E-state index in [1.165, 1.54) is 5.56 Å². The summed E-state index contributed by atoms with van der Waals surface area (Å²) in [5.41, 5.74) is 1.91. The molecular formula is C15H20BrNO2. The molecule has 1 aliphatic heterocycles. The molecule has 1 unspecified atom stereocenters. The topological polar surface area (TPSA) is 40.5 Å². The van der Waals surface area contributed by atoms with Gasteiger partial charge >= 0.3 is 0 Å². The van der Waals surface area contributed by atoms with Crippen molar-refractivity contribution in [2.45, 2.75) is 37.1 Å². The van der Waals surface area contributed by atoms with Gasteiger partial charge in [-0.3, -0.25) is 4.79 Å². The van der Waals surface area contributed by atoms with Gasteiger partial charge in [0, 0.05) is 30.1 Å². The lowest BCUT2D eigenvalue weighted by Crippen LogP contribution is -2.44. The Bertz CT molecular complexity index is 417. The molecule has 1 fully saturated rings. The molecule has 0 bridgehead atoms. The fourth-order valence-corrected chi connectivity index (χ4v) is 2.99. The second-order valence-electron chi connectivity index (χ2n) is 4.99. The molecule has 1 aromatic rings. The number of amides is 1. The van der Waals surface area contributed by atoms with Gasteiger partial charge in [-0.2, -0.15) is 0 Å². The predicted molar refractivity (Wildman–Crippen MR) is 79.5 cm³/mol. The zero-order valence-electron chi connectivity index (χ0n) is 11.0. The van der Waals surface area contributed by atoms with Crippen molar-refractivity contribution in [1.82, 2.24) is 4.90 Å². The number of carbonyl (C=O) groups excluding carboxylic acids is 1. The van der Waals surface area contributed by atoms with Crippen LogP contribution in [-0.2, 0) is 5.33 Å². The second kappa shape index (κ2) is 7.06. The van der Waals surface area contributed by atoms with E-state index in [2.05, 4.69) is 15.9 Å². The molecule has 0 aromatic heterocycles. The summed E-state index contributed by atoms with van der Waals surface area (Å²) in [7, 11) is 0. The lowest BCUT2D eigenvalue weighted by molar-refractivity contribution is 0.0574. The summed E-state index contributed by atoms with van der Waals surface area (Å²) in [6.45, 7) is 0.959. The molecule has 0 radical (unpaired) electrons. The minimum atomic E-state index is 0.0965. The van der Waals surface area contributed by atoms with Crippen LogP contribution >= 0.6 is 15.9 Å². The number of benzene rings is 1. The molecule has 1 amide bonds. The number of piperidine rings is 1. The van der Waals surface area contributed by atoms with Gasteiger partial charge in [0.15, 0.2) is 0 Å². The summed E-state index contributed by atoms with van der Waals surface area (Å²) in [5, 5.41) is 9.92. The first kappa shape index (κ1) is 14.5. The van der Waals surface area contributed by atoms with Gasteiger partial charge in [-0.05, 0) is 43.4 Å². The molecule has 1 heterocycles. The van der Waals surface area contributed by atoms with Crippen LogP contribution in [0.5, 0.6) is 0 Å². The van der Waals surface area contributed by atoms with Crippen molar-refractivity contribution in [3.63, 3.8) is 0 Å². The van der Waals surface area contributed by atoms with Crippen molar-refractivity contribution < 1.29 is 9.90 Å². The van der Waals surface area contributed by atoms with E-state index in [-0.39, 0.29) is 18.6 Å². The van der Waals surface area contributed by atoms with Gasteiger partial charge in [-0.1, -0.05) is 28.1 Å². The van der Waals surface area contributed by atoms with E-state index in [0.29, 0.717) is 6.42 Å². The zero-order chi connectivity index (χ0) is 13.7. The molecular weight excluding hydrogens is 306 g/mol. The first-order valence-corrected chi connectivity index (χ1v) is 7.95. The van der Waals surface area contributed by atoms with Crippen LogP contribution in [0.1, 0.15) is 41.6 Å². The van der Waals surface area contributed by atoms with E-state index < -0.39 is 0 Å². The number of carbonyl (C=O) groups is 1. The molecule has 0 saturated carbocycles. The van der Waals surface area contributed by atoms with Crippen LogP contribution < -0.4 is 0 Å². The minimum Gasteiger partial charge on any atom is -0.396 e. The second-order valence-corrected chi connectivity index (χ2v) is 5.55. The number of likely N-dealkylation sites (tertiary alicyclic amines) is 1. The SMILES string of the molecule is O=C(c1ccc(CBr)cc1)N1CCCCC1CCO. The van der Waals surface area contributed by atoms with E-state index in [0.717, 1.165) is 36.7 Å². The molecule has 1 atom stereocenters. The van der Waals surface area contributed by atoms with E-state index in [1.54, 1.807) is 0 Å². The summed E-state index contributed by atoms with van der Waals surface area (Å²) in [6, 6.07) is 7.94. The van der Waals surface area contributed by atoms with Gasteiger partial charge in [0.05, 0.1) is 0 Å². The highest BCUT2D eigenvalue weighted by Crippen LogP contribution is 2.22. The Morgan fingerprint density at radius 1 is 1.32 bits per heavy atom. The van der Waals surface area contributed by atoms with Crippen molar-refractivity contribution in [2.75, 3.05) is 13.2 Å². The van der Waals surface area contributed by atoms with Gasteiger partial charge in [0.2, 0.25) is 0 Å². The Kier molecular flexibility index (Phi) is 5.40. The standard InChI is InChI=1S/C15H20BrNO2/c16-11-12-4-6-13(7-5-12)15(19)17-9-2-1-3-14(17)8-10-18/h4-7,14,18H,1-3,8-11H2.